The molecule has 0 bridgehead atoms. The van der Waals surface area contributed by atoms with E-state index >= 15 is 0 Å². The van der Waals surface area contributed by atoms with Crippen LogP contribution >= 0.6 is 0 Å². The molecule has 1 aliphatic rings. The summed E-state index contributed by atoms with van der Waals surface area (Å²) in [6.45, 7) is 1.66. The molecule has 0 unspecified atom stereocenters. The van der Waals surface area contributed by atoms with Crippen molar-refractivity contribution in [3.05, 3.63) is 18.5 Å². The fraction of sp³-hybridized carbons (Fsp3) is 0.667. The molecule has 0 aliphatic carbocycles. The second-order valence-corrected chi connectivity index (χ2v) is 6.94. The number of aromatic nitrogens is 2. The zero-order valence-electron chi connectivity index (χ0n) is 11.4. The Kier molecular flexibility index (Phi) is 4.36. The van der Waals surface area contributed by atoms with E-state index in [0.29, 0.717) is 0 Å². The summed E-state index contributed by atoms with van der Waals surface area (Å²) in [4.78, 5) is 10.6. The van der Waals surface area contributed by atoms with E-state index < -0.39 is 10.0 Å². The fourth-order valence-electron chi connectivity index (χ4n) is 2.37. The van der Waals surface area contributed by atoms with Gasteiger partial charge in [-0.2, -0.15) is 0 Å². The molecule has 0 saturated carbocycles. The van der Waals surface area contributed by atoms with E-state index in [1.54, 1.807) is 25.5 Å². The van der Waals surface area contributed by atoms with E-state index in [9.17, 15) is 8.42 Å². The maximum atomic E-state index is 11.6. The minimum absolute atomic E-state index is 0.0729. The predicted molar refractivity (Wildman–Crippen MR) is 74.5 cm³/mol. The molecule has 0 amide bonds. The van der Waals surface area contributed by atoms with Crippen molar-refractivity contribution in [1.29, 1.82) is 0 Å². The van der Waals surface area contributed by atoms with Crippen molar-refractivity contribution in [1.82, 2.24) is 14.3 Å². The van der Waals surface area contributed by atoms with Gasteiger partial charge in [-0.15, -0.1) is 0 Å². The summed E-state index contributed by atoms with van der Waals surface area (Å²) in [5, 5.41) is 0. The van der Waals surface area contributed by atoms with Crippen LogP contribution in [0.3, 0.4) is 0 Å². The van der Waals surface area contributed by atoms with Crippen LogP contribution in [0.1, 0.15) is 19.3 Å². The molecule has 1 fully saturated rings. The molecule has 2 heterocycles. The molecule has 2 rings (SSSR count). The lowest BCUT2D eigenvalue weighted by atomic mass is 10.1. The standard InChI is InChI=1S/C12H20N4O2S/c1-15(19(2,17)18)11-5-3-9-16(10-6-11)12-13-7-4-8-14-12/h4,7-8,11H,3,5-6,9-10H2,1-2H3/t11-/m1/s1. The normalized spacial score (nSPS) is 21.4. The topological polar surface area (TPSA) is 66.4 Å². The van der Waals surface area contributed by atoms with Gasteiger partial charge in [-0.1, -0.05) is 0 Å². The maximum absolute atomic E-state index is 11.6. The van der Waals surface area contributed by atoms with Gasteiger partial charge in [0.25, 0.3) is 0 Å². The average molecular weight is 284 g/mol. The van der Waals surface area contributed by atoms with Crippen molar-refractivity contribution in [2.75, 3.05) is 31.3 Å². The van der Waals surface area contributed by atoms with Crippen LogP contribution in [0.4, 0.5) is 5.95 Å². The SMILES string of the molecule is CN([C@@H]1CCCN(c2ncccn2)CC1)S(C)(=O)=O. The third-order valence-corrected chi connectivity index (χ3v) is 4.91. The largest absolute Gasteiger partial charge is 0.341 e. The molecule has 1 saturated heterocycles. The van der Waals surface area contributed by atoms with Crippen LogP contribution in [0.15, 0.2) is 18.5 Å². The van der Waals surface area contributed by atoms with Crippen LogP contribution in [0, 0.1) is 0 Å². The Balaban J connectivity index is 2.03. The second kappa shape index (κ2) is 5.83. The van der Waals surface area contributed by atoms with Crippen molar-refractivity contribution in [3.63, 3.8) is 0 Å². The monoisotopic (exact) mass is 284 g/mol. The molecule has 19 heavy (non-hydrogen) atoms. The van der Waals surface area contributed by atoms with Crippen molar-refractivity contribution in [2.45, 2.75) is 25.3 Å². The van der Waals surface area contributed by atoms with E-state index in [2.05, 4.69) is 14.9 Å². The number of nitrogens with zero attached hydrogens (tertiary/aromatic N) is 4. The van der Waals surface area contributed by atoms with Crippen LogP contribution in [-0.4, -0.2) is 55.1 Å². The minimum atomic E-state index is -3.12. The van der Waals surface area contributed by atoms with Crippen molar-refractivity contribution in [2.24, 2.45) is 0 Å². The molecule has 0 aromatic carbocycles. The second-order valence-electron chi connectivity index (χ2n) is 4.90. The summed E-state index contributed by atoms with van der Waals surface area (Å²) in [5.74, 6) is 0.727. The summed E-state index contributed by atoms with van der Waals surface area (Å²) in [7, 11) is -1.46. The Hall–Kier alpha value is -1.21. The highest BCUT2D eigenvalue weighted by atomic mass is 32.2. The van der Waals surface area contributed by atoms with Crippen molar-refractivity contribution >= 4 is 16.0 Å². The van der Waals surface area contributed by atoms with Crippen molar-refractivity contribution < 1.29 is 8.42 Å². The summed E-state index contributed by atoms with van der Waals surface area (Å²) in [6, 6.07) is 1.87. The van der Waals surface area contributed by atoms with E-state index in [1.807, 2.05) is 0 Å². The number of sulfonamides is 1. The lowest BCUT2D eigenvalue weighted by Gasteiger charge is -2.25. The zero-order valence-corrected chi connectivity index (χ0v) is 12.2. The van der Waals surface area contributed by atoms with E-state index in [-0.39, 0.29) is 6.04 Å². The van der Waals surface area contributed by atoms with E-state index in [4.69, 9.17) is 0 Å². The third kappa shape index (κ3) is 3.63. The van der Waals surface area contributed by atoms with Gasteiger partial charge in [-0.25, -0.2) is 22.7 Å². The molecular formula is C12H20N4O2S. The Morgan fingerprint density at radius 3 is 2.58 bits per heavy atom. The first kappa shape index (κ1) is 14.2. The summed E-state index contributed by atoms with van der Waals surface area (Å²) >= 11 is 0. The molecule has 6 nitrogen and oxygen atoms in total. The fourth-order valence-corrected chi connectivity index (χ4v) is 3.12. The number of rotatable bonds is 3. The first-order chi connectivity index (χ1) is 8.98. The molecule has 1 aromatic rings. The smallest absolute Gasteiger partial charge is 0.225 e. The maximum Gasteiger partial charge on any atom is 0.225 e. The van der Waals surface area contributed by atoms with Gasteiger partial charge >= 0.3 is 0 Å². The third-order valence-electron chi connectivity index (χ3n) is 3.57. The molecule has 7 heteroatoms. The minimum Gasteiger partial charge on any atom is -0.341 e. The quantitative estimate of drug-likeness (QED) is 0.818. The van der Waals surface area contributed by atoms with Crippen LogP contribution in [-0.2, 0) is 10.0 Å². The van der Waals surface area contributed by atoms with Crippen LogP contribution in [0.2, 0.25) is 0 Å². The van der Waals surface area contributed by atoms with Gasteiger partial charge in [0.05, 0.1) is 6.26 Å². The molecule has 1 aromatic heterocycles. The van der Waals surface area contributed by atoms with Gasteiger partial charge in [0, 0.05) is 38.6 Å². The molecule has 1 atom stereocenters. The lowest BCUT2D eigenvalue weighted by Crippen LogP contribution is -2.37. The summed E-state index contributed by atoms with van der Waals surface area (Å²) in [6.07, 6.45) is 7.36. The van der Waals surface area contributed by atoms with Gasteiger partial charge in [0.15, 0.2) is 0 Å². The molecule has 1 aliphatic heterocycles. The highest BCUT2D eigenvalue weighted by molar-refractivity contribution is 7.88. The molecule has 0 spiro atoms. The van der Waals surface area contributed by atoms with Crippen LogP contribution in [0.5, 0.6) is 0 Å². The summed E-state index contributed by atoms with van der Waals surface area (Å²) < 4.78 is 24.7. The van der Waals surface area contributed by atoms with Crippen molar-refractivity contribution in [3.8, 4) is 0 Å². The Morgan fingerprint density at radius 2 is 1.95 bits per heavy atom. The number of anilines is 1. The zero-order chi connectivity index (χ0) is 13.9. The Bertz CT molecular complexity index is 506. The molecule has 0 N–H and O–H groups in total. The molecule has 106 valence electrons. The van der Waals surface area contributed by atoms with E-state index in [0.717, 1.165) is 38.3 Å². The first-order valence-electron chi connectivity index (χ1n) is 6.43. The van der Waals surface area contributed by atoms with Crippen LogP contribution < -0.4 is 4.90 Å². The highest BCUT2D eigenvalue weighted by Crippen LogP contribution is 2.19. The Morgan fingerprint density at radius 1 is 1.26 bits per heavy atom. The molecule has 0 radical (unpaired) electrons. The first-order valence-corrected chi connectivity index (χ1v) is 8.28. The van der Waals surface area contributed by atoms with Gasteiger partial charge in [0.2, 0.25) is 16.0 Å². The number of hydrogen-bond acceptors (Lipinski definition) is 5. The lowest BCUT2D eigenvalue weighted by molar-refractivity contribution is 0.344. The summed E-state index contributed by atoms with van der Waals surface area (Å²) in [5.41, 5.74) is 0. The van der Waals surface area contributed by atoms with Crippen LogP contribution in [0.25, 0.3) is 0 Å². The van der Waals surface area contributed by atoms with Gasteiger partial charge in [-0.3, -0.25) is 0 Å². The Labute approximate surface area is 114 Å². The van der Waals surface area contributed by atoms with E-state index in [1.165, 1.54) is 10.6 Å². The van der Waals surface area contributed by atoms with Gasteiger partial charge < -0.3 is 4.90 Å². The predicted octanol–water partition coefficient (Wildman–Crippen LogP) is 0.727. The highest BCUT2D eigenvalue weighted by Gasteiger charge is 2.25. The average Bonchev–Trinajstić information content (AvgIpc) is 2.63. The molecular weight excluding hydrogens is 264 g/mol. The van der Waals surface area contributed by atoms with Gasteiger partial charge in [-0.05, 0) is 25.3 Å². The van der Waals surface area contributed by atoms with Gasteiger partial charge in [0.1, 0.15) is 0 Å². The number of hydrogen-bond donors (Lipinski definition) is 0.